The van der Waals surface area contributed by atoms with Gasteiger partial charge in [-0.2, -0.15) is 0 Å². The predicted octanol–water partition coefficient (Wildman–Crippen LogP) is 3.32. The predicted molar refractivity (Wildman–Crippen MR) is 101 cm³/mol. The van der Waals surface area contributed by atoms with Gasteiger partial charge in [-0.3, -0.25) is 4.79 Å². The Labute approximate surface area is 158 Å². The summed E-state index contributed by atoms with van der Waals surface area (Å²) in [5.74, 6) is -0.428. The van der Waals surface area contributed by atoms with Gasteiger partial charge in [-0.25, -0.2) is 14.3 Å². The van der Waals surface area contributed by atoms with Crippen LogP contribution in [0.15, 0.2) is 59.3 Å². The van der Waals surface area contributed by atoms with Crippen LogP contribution in [0.2, 0.25) is 0 Å². The number of amides is 1. The van der Waals surface area contributed by atoms with E-state index in [-0.39, 0.29) is 11.3 Å². The first-order valence-electron chi connectivity index (χ1n) is 8.32. The quantitative estimate of drug-likeness (QED) is 0.488. The van der Waals surface area contributed by atoms with Crippen LogP contribution in [-0.2, 0) is 0 Å². The lowest BCUT2D eigenvalue weighted by molar-refractivity contribution is 0.0696. The second-order valence-corrected chi connectivity index (χ2v) is 6.03. The number of nitrogens with one attached hydrogen (secondary N) is 2. The van der Waals surface area contributed by atoms with Crippen molar-refractivity contribution in [3.05, 3.63) is 71.7 Å². The summed E-state index contributed by atoms with van der Waals surface area (Å²) in [6.07, 6.45) is 2.98. The third-order valence-electron chi connectivity index (χ3n) is 4.05. The molecule has 9 heteroatoms. The van der Waals surface area contributed by atoms with E-state index in [1.807, 2.05) is 6.92 Å². The maximum absolute atomic E-state index is 12.7. The molecule has 0 bridgehead atoms. The van der Waals surface area contributed by atoms with Crippen molar-refractivity contribution in [1.29, 1.82) is 0 Å². The van der Waals surface area contributed by atoms with E-state index in [0.717, 1.165) is 5.56 Å². The maximum Gasteiger partial charge on any atom is 0.335 e. The Kier molecular flexibility index (Phi) is 4.24. The van der Waals surface area contributed by atoms with Crippen molar-refractivity contribution in [3.8, 4) is 0 Å². The number of nitrogens with zero attached hydrogens (tertiary/aromatic N) is 3. The summed E-state index contributed by atoms with van der Waals surface area (Å²) in [4.78, 5) is 27.9. The molecular weight excluding hydrogens is 362 g/mol. The fraction of sp³-hybridized carbons (Fsp3) is 0.0526. The number of aromatic carboxylic acids is 1. The third kappa shape index (κ3) is 3.28. The Balaban J connectivity index is 1.63. The van der Waals surface area contributed by atoms with Crippen LogP contribution in [0.25, 0.3) is 5.65 Å². The van der Waals surface area contributed by atoms with Crippen LogP contribution < -0.4 is 10.6 Å². The first-order chi connectivity index (χ1) is 13.5. The highest BCUT2D eigenvalue weighted by Gasteiger charge is 2.16. The van der Waals surface area contributed by atoms with Gasteiger partial charge in [0.1, 0.15) is 0 Å². The van der Waals surface area contributed by atoms with Gasteiger partial charge >= 0.3 is 5.97 Å². The Morgan fingerprint density at radius 3 is 2.64 bits per heavy atom. The number of hydrogen-bond acceptors (Lipinski definition) is 6. The molecule has 4 rings (SSSR count). The van der Waals surface area contributed by atoms with Crippen molar-refractivity contribution < 1.29 is 19.1 Å². The topological polar surface area (TPSA) is 122 Å². The van der Waals surface area contributed by atoms with Crippen LogP contribution in [-0.4, -0.2) is 31.6 Å². The highest BCUT2D eigenvalue weighted by atomic mass is 16.4. The van der Waals surface area contributed by atoms with E-state index in [9.17, 15) is 9.59 Å². The normalized spacial score (nSPS) is 10.8. The number of carbonyl (C=O) groups is 2. The molecule has 28 heavy (non-hydrogen) atoms. The highest BCUT2D eigenvalue weighted by molar-refractivity contribution is 6.03. The number of carboxylic acids is 1. The second kappa shape index (κ2) is 6.88. The molecule has 0 aliphatic rings. The average Bonchev–Trinajstić information content (AvgIpc) is 3.32. The Bertz CT molecular complexity index is 1160. The number of aryl methyl sites for hydroxylation is 1. The number of aromatic nitrogens is 3. The van der Waals surface area contributed by atoms with Gasteiger partial charge in [0.15, 0.2) is 23.0 Å². The standard InChI is InChI=1S/C19H15N5O4/c1-11-9-15(22-16-3-2-8-28-16)23-24-14(10-20-17(11)24)18(25)21-13-6-4-12(5-7-13)19(26)27/h2-10H,1H3,(H,21,25)(H,22,23)(H,26,27). The van der Waals surface area contributed by atoms with Crippen LogP contribution >= 0.6 is 0 Å². The van der Waals surface area contributed by atoms with E-state index < -0.39 is 11.9 Å². The molecule has 1 aromatic carbocycles. The van der Waals surface area contributed by atoms with Crippen molar-refractivity contribution in [2.24, 2.45) is 0 Å². The molecule has 0 fully saturated rings. The number of rotatable bonds is 5. The number of anilines is 3. The molecule has 0 aliphatic heterocycles. The van der Waals surface area contributed by atoms with E-state index in [0.29, 0.717) is 23.0 Å². The number of carboxylic acid groups (broad SMARTS) is 1. The van der Waals surface area contributed by atoms with E-state index in [4.69, 9.17) is 9.52 Å². The molecule has 3 heterocycles. The summed E-state index contributed by atoms with van der Waals surface area (Å²) in [7, 11) is 0. The van der Waals surface area contributed by atoms with Crippen molar-refractivity contribution in [1.82, 2.24) is 14.6 Å². The Morgan fingerprint density at radius 1 is 1.18 bits per heavy atom. The number of fused-ring (bicyclic) bond motifs is 1. The molecule has 3 N–H and O–H groups in total. The number of benzene rings is 1. The maximum atomic E-state index is 12.7. The van der Waals surface area contributed by atoms with Crippen LogP contribution in [0.4, 0.5) is 17.4 Å². The summed E-state index contributed by atoms with van der Waals surface area (Å²) >= 11 is 0. The average molecular weight is 377 g/mol. The molecule has 0 atom stereocenters. The van der Waals surface area contributed by atoms with E-state index in [1.54, 1.807) is 24.5 Å². The Morgan fingerprint density at radius 2 is 1.96 bits per heavy atom. The second-order valence-electron chi connectivity index (χ2n) is 6.03. The molecule has 0 radical (unpaired) electrons. The van der Waals surface area contributed by atoms with Crippen LogP contribution in [0, 0.1) is 6.92 Å². The fourth-order valence-electron chi connectivity index (χ4n) is 2.71. The molecule has 0 saturated carbocycles. The molecule has 0 aliphatic carbocycles. The molecule has 140 valence electrons. The van der Waals surface area contributed by atoms with Crippen molar-refractivity contribution in [3.63, 3.8) is 0 Å². The van der Waals surface area contributed by atoms with Gasteiger partial charge in [-0.05, 0) is 48.9 Å². The fourth-order valence-corrected chi connectivity index (χ4v) is 2.71. The first kappa shape index (κ1) is 17.3. The third-order valence-corrected chi connectivity index (χ3v) is 4.05. The van der Waals surface area contributed by atoms with Gasteiger partial charge in [0.05, 0.1) is 18.0 Å². The molecule has 1 amide bonds. The molecule has 9 nitrogen and oxygen atoms in total. The summed E-state index contributed by atoms with van der Waals surface area (Å²) in [6.45, 7) is 1.86. The number of hydrogen-bond donors (Lipinski definition) is 3. The zero-order valence-corrected chi connectivity index (χ0v) is 14.7. The lowest BCUT2D eigenvalue weighted by Crippen LogP contribution is -2.16. The monoisotopic (exact) mass is 377 g/mol. The molecule has 0 unspecified atom stereocenters. The minimum absolute atomic E-state index is 0.138. The Hall–Kier alpha value is -4.14. The number of carbonyl (C=O) groups excluding carboxylic acids is 1. The van der Waals surface area contributed by atoms with Crippen LogP contribution in [0.3, 0.4) is 0 Å². The van der Waals surface area contributed by atoms with Gasteiger partial charge in [0.2, 0.25) is 0 Å². The van der Waals surface area contributed by atoms with Crippen molar-refractivity contribution in [2.45, 2.75) is 6.92 Å². The SMILES string of the molecule is Cc1cc(Nc2ccco2)nn2c(C(=O)Nc3ccc(C(=O)O)cc3)cnc12. The van der Waals surface area contributed by atoms with Gasteiger partial charge in [-0.15, -0.1) is 5.10 Å². The van der Waals surface area contributed by atoms with E-state index in [1.165, 1.54) is 35.0 Å². The van der Waals surface area contributed by atoms with Gasteiger partial charge in [0, 0.05) is 11.8 Å². The molecule has 0 spiro atoms. The molecule has 3 aromatic heterocycles. The number of imidazole rings is 1. The summed E-state index contributed by atoms with van der Waals surface area (Å²) in [5.41, 5.74) is 2.22. The zero-order chi connectivity index (χ0) is 19.7. The van der Waals surface area contributed by atoms with Crippen LogP contribution in [0.1, 0.15) is 26.4 Å². The summed E-state index contributed by atoms with van der Waals surface area (Å²) in [5, 5.41) is 19.1. The minimum atomic E-state index is -1.03. The lowest BCUT2D eigenvalue weighted by atomic mass is 10.2. The summed E-state index contributed by atoms with van der Waals surface area (Å²) < 4.78 is 6.70. The van der Waals surface area contributed by atoms with E-state index >= 15 is 0 Å². The zero-order valence-electron chi connectivity index (χ0n) is 14.7. The van der Waals surface area contributed by atoms with Crippen molar-refractivity contribution >= 4 is 34.9 Å². The first-order valence-corrected chi connectivity index (χ1v) is 8.32. The van der Waals surface area contributed by atoms with Gasteiger partial charge < -0.3 is 20.2 Å². The number of furan rings is 1. The molecule has 0 saturated heterocycles. The van der Waals surface area contributed by atoms with Crippen molar-refractivity contribution in [2.75, 3.05) is 10.6 Å². The lowest BCUT2D eigenvalue weighted by Gasteiger charge is -2.08. The van der Waals surface area contributed by atoms with Crippen LogP contribution in [0.5, 0.6) is 0 Å². The largest absolute Gasteiger partial charge is 0.478 e. The van der Waals surface area contributed by atoms with E-state index in [2.05, 4.69) is 20.7 Å². The molecular formula is C19H15N5O4. The minimum Gasteiger partial charge on any atom is -0.478 e. The van der Waals surface area contributed by atoms with Gasteiger partial charge in [-0.1, -0.05) is 0 Å². The highest BCUT2D eigenvalue weighted by Crippen LogP contribution is 2.19. The van der Waals surface area contributed by atoms with Gasteiger partial charge in [0.25, 0.3) is 5.91 Å². The summed E-state index contributed by atoms with van der Waals surface area (Å²) in [6, 6.07) is 11.2. The molecule has 4 aromatic rings. The smallest absolute Gasteiger partial charge is 0.335 e.